The highest BCUT2D eigenvalue weighted by Gasteiger charge is 2.00. The first kappa shape index (κ1) is 12.4. The minimum Gasteiger partial charge on any atom is -0.392 e. The van der Waals surface area contributed by atoms with Crippen LogP contribution in [-0.4, -0.2) is 27.9 Å². The van der Waals surface area contributed by atoms with E-state index in [1.54, 1.807) is 6.92 Å². The Hall–Kier alpha value is -1.66. The van der Waals surface area contributed by atoms with Crippen LogP contribution in [0.5, 0.6) is 0 Å². The zero-order chi connectivity index (χ0) is 12.1. The van der Waals surface area contributed by atoms with E-state index in [-0.39, 0.29) is 19.9 Å². The normalized spacial score (nSPS) is 10.4. The molecule has 0 bridgehead atoms. The maximum Gasteiger partial charge on any atom is 0.330 e. The molecule has 0 fully saturated rings. The number of H-pyrrole nitrogens is 1. The Kier molecular flexibility index (Phi) is 4.21. The lowest BCUT2D eigenvalue weighted by atomic mass is 10.3. The predicted molar refractivity (Wildman–Crippen MR) is 58.2 cm³/mol. The summed E-state index contributed by atoms with van der Waals surface area (Å²) in [5.41, 5.74) is 0.0320. The van der Waals surface area contributed by atoms with Gasteiger partial charge in [-0.05, 0) is 12.5 Å². The number of aliphatic hydroxyl groups is 1. The SMILES string of the molecule is C=C(CO)COCn1cc(C)c(=O)[nH]c1=O. The van der Waals surface area contributed by atoms with Crippen LogP contribution >= 0.6 is 0 Å². The Morgan fingerprint density at radius 1 is 1.62 bits per heavy atom. The van der Waals surface area contributed by atoms with Crippen molar-refractivity contribution in [2.75, 3.05) is 13.2 Å². The van der Waals surface area contributed by atoms with Crippen LogP contribution in [0.2, 0.25) is 0 Å². The summed E-state index contributed by atoms with van der Waals surface area (Å²) in [5.74, 6) is 0. The third kappa shape index (κ3) is 3.18. The lowest BCUT2D eigenvalue weighted by Crippen LogP contribution is -2.31. The molecular weight excluding hydrogens is 212 g/mol. The number of hydrogen-bond acceptors (Lipinski definition) is 4. The summed E-state index contributed by atoms with van der Waals surface area (Å²) in [7, 11) is 0. The van der Waals surface area contributed by atoms with Crippen LogP contribution < -0.4 is 11.2 Å². The van der Waals surface area contributed by atoms with Crippen LogP contribution in [0.25, 0.3) is 0 Å². The summed E-state index contributed by atoms with van der Waals surface area (Å²) in [6.45, 7) is 5.16. The molecule has 0 saturated carbocycles. The monoisotopic (exact) mass is 226 g/mol. The fourth-order valence-corrected chi connectivity index (χ4v) is 1.05. The average molecular weight is 226 g/mol. The Balaban J connectivity index is 2.68. The zero-order valence-corrected chi connectivity index (χ0v) is 9.02. The fourth-order valence-electron chi connectivity index (χ4n) is 1.05. The molecule has 1 aromatic rings. The van der Waals surface area contributed by atoms with Gasteiger partial charge in [-0.15, -0.1) is 0 Å². The maximum absolute atomic E-state index is 11.3. The molecule has 2 N–H and O–H groups in total. The van der Waals surface area contributed by atoms with Crippen molar-refractivity contribution in [1.82, 2.24) is 9.55 Å². The molecule has 1 heterocycles. The molecule has 0 amide bonds. The van der Waals surface area contributed by atoms with Gasteiger partial charge in [0.15, 0.2) is 0 Å². The van der Waals surface area contributed by atoms with Crippen molar-refractivity contribution in [3.8, 4) is 0 Å². The van der Waals surface area contributed by atoms with Crippen molar-refractivity contribution >= 4 is 0 Å². The third-order valence-electron chi connectivity index (χ3n) is 1.95. The minimum atomic E-state index is -0.523. The summed E-state index contributed by atoms with van der Waals surface area (Å²) < 4.78 is 6.37. The quantitative estimate of drug-likeness (QED) is 0.654. The molecule has 0 aliphatic carbocycles. The first-order chi connectivity index (χ1) is 7.54. The van der Waals surface area contributed by atoms with Gasteiger partial charge in [0, 0.05) is 11.8 Å². The van der Waals surface area contributed by atoms with Crippen LogP contribution in [0, 0.1) is 6.92 Å². The van der Waals surface area contributed by atoms with E-state index in [0.29, 0.717) is 11.1 Å². The number of rotatable bonds is 5. The highest BCUT2D eigenvalue weighted by Crippen LogP contribution is 1.91. The molecule has 0 unspecified atom stereocenters. The summed E-state index contributed by atoms with van der Waals surface area (Å²) in [5, 5.41) is 8.67. The number of nitrogens with zero attached hydrogens (tertiary/aromatic N) is 1. The van der Waals surface area contributed by atoms with Gasteiger partial charge in [0.1, 0.15) is 6.73 Å². The maximum atomic E-state index is 11.3. The van der Waals surface area contributed by atoms with Crippen LogP contribution in [0.1, 0.15) is 5.56 Å². The van der Waals surface area contributed by atoms with E-state index in [0.717, 1.165) is 0 Å². The van der Waals surface area contributed by atoms with Crippen molar-refractivity contribution in [3.05, 3.63) is 44.8 Å². The Morgan fingerprint density at radius 3 is 2.94 bits per heavy atom. The smallest absolute Gasteiger partial charge is 0.330 e. The predicted octanol–water partition coefficient (Wildman–Crippen LogP) is -0.632. The van der Waals surface area contributed by atoms with Crippen LogP contribution in [0.15, 0.2) is 27.9 Å². The first-order valence-electron chi connectivity index (χ1n) is 4.70. The van der Waals surface area contributed by atoms with Gasteiger partial charge in [-0.1, -0.05) is 6.58 Å². The summed E-state index contributed by atoms with van der Waals surface area (Å²) in [4.78, 5) is 24.5. The first-order valence-corrected chi connectivity index (χ1v) is 4.70. The van der Waals surface area contributed by atoms with Crippen LogP contribution in [-0.2, 0) is 11.5 Å². The summed E-state index contributed by atoms with van der Waals surface area (Å²) in [6, 6.07) is 0. The molecule has 6 heteroatoms. The zero-order valence-electron chi connectivity index (χ0n) is 9.02. The van der Waals surface area contributed by atoms with Gasteiger partial charge in [-0.25, -0.2) is 4.79 Å². The van der Waals surface area contributed by atoms with Crippen LogP contribution in [0.3, 0.4) is 0 Å². The molecule has 0 atom stereocenters. The van der Waals surface area contributed by atoms with Gasteiger partial charge in [-0.3, -0.25) is 14.3 Å². The van der Waals surface area contributed by atoms with Crippen molar-refractivity contribution in [2.45, 2.75) is 13.7 Å². The van der Waals surface area contributed by atoms with E-state index in [1.165, 1.54) is 10.8 Å². The van der Waals surface area contributed by atoms with Gasteiger partial charge in [0.25, 0.3) is 5.56 Å². The fraction of sp³-hybridized carbons (Fsp3) is 0.400. The van der Waals surface area contributed by atoms with E-state index in [4.69, 9.17) is 9.84 Å². The van der Waals surface area contributed by atoms with Gasteiger partial charge >= 0.3 is 5.69 Å². The second-order valence-corrected chi connectivity index (χ2v) is 3.43. The summed E-state index contributed by atoms with van der Waals surface area (Å²) >= 11 is 0. The minimum absolute atomic E-state index is 0.00940. The van der Waals surface area contributed by atoms with E-state index in [1.807, 2.05) is 0 Å². The molecule has 0 spiro atoms. The highest BCUT2D eigenvalue weighted by atomic mass is 16.5. The number of hydrogen-bond donors (Lipinski definition) is 2. The average Bonchev–Trinajstić information content (AvgIpc) is 2.25. The molecule has 88 valence electrons. The lowest BCUT2D eigenvalue weighted by Gasteiger charge is -2.07. The standard InChI is InChI=1S/C10H14N2O4/c1-7(4-13)5-16-6-12-3-8(2)9(14)11-10(12)15/h3,13H,1,4-6H2,2H3,(H,11,14,15). The van der Waals surface area contributed by atoms with Crippen LogP contribution in [0.4, 0.5) is 0 Å². The second kappa shape index (κ2) is 5.43. The van der Waals surface area contributed by atoms with E-state index in [2.05, 4.69) is 11.6 Å². The number of aromatic nitrogens is 2. The molecule has 0 aromatic carbocycles. The molecule has 0 saturated heterocycles. The number of aryl methyl sites for hydroxylation is 1. The molecule has 0 aliphatic rings. The molecule has 6 nitrogen and oxygen atoms in total. The Labute approximate surface area is 91.8 Å². The van der Waals surface area contributed by atoms with E-state index in [9.17, 15) is 9.59 Å². The molecule has 0 radical (unpaired) electrons. The van der Waals surface area contributed by atoms with Crippen molar-refractivity contribution in [2.24, 2.45) is 0 Å². The molecule has 0 aliphatic heterocycles. The van der Waals surface area contributed by atoms with Gasteiger partial charge < -0.3 is 9.84 Å². The van der Waals surface area contributed by atoms with E-state index >= 15 is 0 Å². The van der Waals surface area contributed by atoms with E-state index < -0.39 is 11.2 Å². The number of aromatic amines is 1. The Bertz CT molecular complexity index is 486. The third-order valence-corrected chi connectivity index (χ3v) is 1.95. The summed E-state index contributed by atoms with van der Waals surface area (Å²) in [6.07, 6.45) is 1.42. The second-order valence-electron chi connectivity index (χ2n) is 3.43. The highest BCUT2D eigenvalue weighted by molar-refractivity contribution is 5.00. The Morgan fingerprint density at radius 2 is 2.31 bits per heavy atom. The molecule has 1 aromatic heterocycles. The molecule has 16 heavy (non-hydrogen) atoms. The number of ether oxygens (including phenoxy) is 1. The molecule has 1 rings (SSSR count). The number of aliphatic hydroxyl groups excluding tert-OH is 1. The van der Waals surface area contributed by atoms with Crippen molar-refractivity contribution in [1.29, 1.82) is 0 Å². The van der Waals surface area contributed by atoms with Crippen molar-refractivity contribution < 1.29 is 9.84 Å². The topological polar surface area (TPSA) is 84.3 Å². The van der Waals surface area contributed by atoms with Gasteiger partial charge in [-0.2, -0.15) is 0 Å². The lowest BCUT2D eigenvalue weighted by molar-refractivity contribution is 0.0861. The van der Waals surface area contributed by atoms with Gasteiger partial charge in [0.05, 0.1) is 13.2 Å². The van der Waals surface area contributed by atoms with Gasteiger partial charge in [0.2, 0.25) is 0 Å². The number of nitrogens with one attached hydrogen (secondary N) is 1. The molecular formula is C10H14N2O4. The van der Waals surface area contributed by atoms with Crippen molar-refractivity contribution in [3.63, 3.8) is 0 Å². The largest absolute Gasteiger partial charge is 0.392 e.